The molecule has 1 saturated heterocycles. The van der Waals surface area contributed by atoms with E-state index < -0.39 is 0 Å². The average Bonchev–Trinajstić information content (AvgIpc) is 2.88. The van der Waals surface area contributed by atoms with Crippen LogP contribution < -0.4 is 11.3 Å². The highest BCUT2D eigenvalue weighted by Gasteiger charge is 2.35. The van der Waals surface area contributed by atoms with Crippen molar-refractivity contribution in [1.82, 2.24) is 9.88 Å². The van der Waals surface area contributed by atoms with Gasteiger partial charge in [0, 0.05) is 25.3 Å². The Morgan fingerprint density at radius 2 is 2.44 bits per heavy atom. The van der Waals surface area contributed by atoms with Gasteiger partial charge in [0.25, 0.3) is 0 Å². The number of nitrogens with two attached hydrogens (primary N) is 1. The molecule has 1 aromatic heterocycles. The van der Waals surface area contributed by atoms with E-state index in [0.29, 0.717) is 12.1 Å². The van der Waals surface area contributed by atoms with E-state index in [1.165, 1.54) is 24.8 Å². The van der Waals surface area contributed by atoms with Crippen molar-refractivity contribution in [3.8, 4) is 0 Å². The van der Waals surface area contributed by atoms with Crippen LogP contribution in [0.15, 0.2) is 18.3 Å². The summed E-state index contributed by atoms with van der Waals surface area (Å²) in [5.74, 6) is 6.12. The average molecular weight is 248 g/mol. The summed E-state index contributed by atoms with van der Waals surface area (Å²) >= 11 is 0. The minimum absolute atomic E-state index is 0.452. The lowest BCUT2D eigenvalue weighted by molar-refractivity contribution is -0.0588. The van der Waals surface area contributed by atoms with Crippen LogP contribution in [0.4, 0.5) is 5.82 Å². The molecule has 0 bridgehead atoms. The third-order valence-corrected chi connectivity index (χ3v) is 3.96. The third kappa shape index (κ3) is 2.34. The molecular formula is C13H20N4O. The topological polar surface area (TPSA) is 63.4 Å². The van der Waals surface area contributed by atoms with Gasteiger partial charge in [0.15, 0.2) is 0 Å². The van der Waals surface area contributed by atoms with Gasteiger partial charge < -0.3 is 10.2 Å². The maximum atomic E-state index is 5.83. The van der Waals surface area contributed by atoms with Crippen molar-refractivity contribution in [3.05, 3.63) is 23.9 Å². The van der Waals surface area contributed by atoms with E-state index in [9.17, 15) is 0 Å². The van der Waals surface area contributed by atoms with Crippen molar-refractivity contribution in [3.63, 3.8) is 0 Å². The fourth-order valence-electron chi connectivity index (χ4n) is 3.09. The van der Waals surface area contributed by atoms with Crippen molar-refractivity contribution in [1.29, 1.82) is 0 Å². The van der Waals surface area contributed by atoms with Crippen LogP contribution in [0.25, 0.3) is 0 Å². The predicted molar refractivity (Wildman–Crippen MR) is 69.8 cm³/mol. The molecule has 0 aromatic carbocycles. The number of nitrogens with one attached hydrogen (secondary N) is 1. The lowest BCUT2D eigenvalue weighted by Gasteiger charge is -2.37. The molecule has 0 amide bonds. The summed E-state index contributed by atoms with van der Waals surface area (Å²) in [7, 11) is 0. The molecule has 0 spiro atoms. The molecule has 1 aliphatic carbocycles. The van der Waals surface area contributed by atoms with Crippen LogP contribution in [0, 0.1) is 0 Å². The van der Waals surface area contributed by atoms with Crippen molar-refractivity contribution in [2.24, 2.45) is 5.84 Å². The Morgan fingerprint density at radius 3 is 3.33 bits per heavy atom. The zero-order valence-electron chi connectivity index (χ0n) is 10.5. The van der Waals surface area contributed by atoms with E-state index in [4.69, 9.17) is 10.6 Å². The van der Waals surface area contributed by atoms with Gasteiger partial charge in [-0.15, -0.1) is 0 Å². The van der Waals surface area contributed by atoms with Gasteiger partial charge in [-0.25, -0.2) is 10.8 Å². The second-order valence-electron chi connectivity index (χ2n) is 5.07. The quantitative estimate of drug-likeness (QED) is 0.620. The molecule has 1 saturated carbocycles. The Hall–Kier alpha value is -1.17. The number of rotatable bonds is 3. The number of hydrazine groups is 1. The smallest absolute Gasteiger partial charge is 0.140 e. The zero-order chi connectivity index (χ0) is 12.4. The first-order chi connectivity index (χ1) is 8.86. The molecule has 2 fully saturated rings. The maximum Gasteiger partial charge on any atom is 0.140 e. The zero-order valence-corrected chi connectivity index (χ0v) is 10.5. The highest BCUT2D eigenvalue weighted by Crippen LogP contribution is 2.30. The molecule has 3 rings (SSSR count). The molecule has 2 heterocycles. The highest BCUT2D eigenvalue weighted by atomic mass is 16.5. The van der Waals surface area contributed by atoms with Crippen LogP contribution in [0.1, 0.15) is 24.8 Å². The molecule has 5 nitrogen and oxygen atoms in total. The molecule has 2 aliphatic rings. The second-order valence-corrected chi connectivity index (χ2v) is 5.07. The fourth-order valence-corrected chi connectivity index (χ4v) is 3.09. The van der Waals surface area contributed by atoms with Crippen molar-refractivity contribution in [2.45, 2.75) is 38.0 Å². The number of morpholine rings is 1. The summed E-state index contributed by atoms with van der Waals surface area (Å²) in [6.45, 7) is 2.84. The molecule has 18 heavy (non-hydrogen) atoms. The van der Waals surface area contributed by atoms with Gasteiger partial charge >= 0.3 is 0 Å². The Morgan fingerprint density at radius 1 is 1.50 bits per heavy atom. The van der Waals surface area contributed by atoms with Crippen LogP contribution >= 0.6 is 0 Å². The van der Waals surface area contributed by atoms with E-state index in [1.807, 2.05) is 6.07 Å². The number of hydrogen-bond donors (Lipinski definition) is 2. The predicted octanol–water partition coefficient (Wildman–Crippen LogP) is 1.12. The maximum absolute atomic E-state index is 5.83. The minimum atomic E-state index is 0.452. The third-order valence-electron chi connectivity index (χ3n) is 3.96. The van der Waals surface area contributed by atoms with Crippen LogP contribution in [-0.2, 0) is 11.3 Å². The van der Waals surface area contributed by atoms with E-state index in [2.05, 4.69) is 21.4 Å². The number of hydrogen-bond acceptors (Lipinski definition) is 5. The van der Waals surface area contributed by atoms with E-state index in [0.717, 1.165) is 25.5 Å². The number of anilines is 1. The van der Waals surface area contributed by atoms with Crippen molar-refractivity contribution in [2.75, 3.05) is 18.6 Å². The first-order valence-electron chi connectivity index (χ1n) is 6.64. The fraction of sp³-hybridized carbons (Fsp3) is 0.615. The van der Waals surface area contributed by atoms with Gasteiger partial charge in [0.05, 0.1) is 12.7 Å². The first kappa shape index (κ1) is 11.9. The molecule has 0 radical (unpaired) electrons. The van der Waals surface area contributed by atoms with Gasteiger partial charge in [-0.3, -0.25) is 4.90 Å². The highest BCUT2D eigenvalue weighted by molar-refractivity contribution is 5.35. The number of nitrogens with zero attached hydrogens (tertiary/aromatic N) is 2. The normalized spacial score (nSPS) is 28.1. The molecule has 98 valence electrons. The van der Waals surface area contributed by atoms with Gasteiger partial charge in [-0.2, -0.15) is 0 Å². The summed E-state index contributed by atoms with van der Waals surface area (Å²) in [6.07, 6.45) is 6.02. The van der Waals surface area contributed by atoms with E-state index >= 15 is 0 Å². The Labute approximate surface area is 107 Å². The number of nitrogen functional groups attached to an aromatic ring is 1. The first-order valence-corrected chi connectivity index (χ1v) is 6.64. The molecule has 3 N–H and O–H groups in total. The van der Waals surface area contributed by atoms with Crippen molar-refractivity contribution >= 4 is 5.82 Å². The monoisotopic (exact) mass is 248 g/mol. The van der Waals surface area contributed by atoms with Crippen LogP contribution in [-0.4, -0.2) is 35.2 Å². The summed E-state index contributed by atoms with van der Waals surface area (Å²) in [6, 6.07) is 4.67. The van der Waals surface area contributed by atoms with Crippen LogP contribution in [0.2, 0.25) is 0 Å². The van der Waals surface area contributed by atoms with Crippen LogP contribution in [0.5, 0.6) is 0 Å². The SMILES string of the molecule is NNc1cc(CN2CCOC3CCCC32)ccn1. The molecule has 1 aliphatic heterocycles. The van der Waals surface area contributed by atoms with E-state index in [-0.39, 0.29) is 0 Å². The summed E-state index contributed by atoms with van der Waals surface area (Å²) in [5.41, 5.74) is 3.85. The van der Waals surface area contributed by atoms with Crippen LogP contribution in [0.3, 0.4) is 0 Å². The van der Waals surface area contributed by atoms with Gasteiger partial charge in [0.1, 0.15) is 5.82 Å². The van der Waals surface area contributed by atoms with Gasteiger partial charge in [0.2, 0.25) is 0 Å². The Balaban J connectivity index is 1.70. The molecule has 1 aromatic rings. The minimum Gasteiger partial charge on any atom is -0.375 e. The molecule has 5 heteroatoms. The molecule has 2 unspecified atom stereocenters. The number of fused-ring (bicyclic) bond motifs is 1. The lowest BCUT2D eigenvalue weighted by atomic mass is 10.1. The second kappa shape index (κ2) is 5.22. The number of pyridine rings is 1. The molecule has 2 atom stereocenters. The summed E-state index contributed by atoms with van der Waals surface area (Å²) in [4.78, 5) is 6.68. The van der Waals surface area contributed by atoms with Gasteiger partial charge in [-0.05, 0) is 37.0 Å². The standard InChI is InChI=1S/C13H20N4O/c14-16-13-8-10(4-5-15-13)9-17-6-7-18-12-3-1-2-11(12)17/h4-5,8,11-12H,1-3,6-7,9,14H2,(H,15,16). The summed E-state index contributed by atoms with van der Waals surface area (Å²) < 4.78 is 5.83. The van der Waals surface area contributed by atoms with Gasteiger partial charge in [-0.1, -0.05) is 0 Å². The van der Waals surface area contributed by atoms with E-state index in [1.54, 1.807) is 6.20 Å². The lowest BCUT2D eigenvalue weighted by Crippen LogP contribution is -2.47. The molecular weight excluding hydrogens is 228 g/mol. The largest absolute Gasteiger partial charge is 0.375 e. The Bertz CT molecular complexity index is 412. The number of aromatic nitrogens is 1. The Kier molecular flexibility index (Phi) is 3.45. The van der Waals surface area contributed by atoms with Crippen molar-refractivity contribution < 1.29 is 4.74 Å². The number of ether oxygens (including phenoxy) is 1. The summed E-state index contributed by atoms with van der Waals surface area (Å²) in [5, 5.41) is 0.